The summed E-state index contributed by atoms with van der Waals surface area (Å²) in [5.74, 6) is 2.25. The van der Waals surface area contributed by atoms with E-state index in [1.807, 2.05) is 114 Å². The third-order valence-electron chi connectivity index (χ3n) is 7.07. The lowest BCUT2D eigenvalue weighted by molar-refractivity contribution is 0.0972. The van der Waals surface area contributed by atoms with E-state index >= 15 is 0 Å². The number of benzene rings is 4. The summed E-state index contributed by atoms with van der Waals surface area (Å²) < 4.78 is 15.5. The second-order valence-electron chi connectivity index (χ2n) is 9.65. The molecule has 0 aliphatic carbocycles. The molecule has 5 nitrogen and oxygen atoms in total. The topological polar surface area (TPSA) is 61.2 Å². The first-order valence-electron chi connectivity index (χ1n) is 13.0. The Morgan fingerprint density at radius 1 is 0.775 bits per heavy atom. The smallest absolute Gasteiger partial charge is 0.182 e. The summed E-state index contributed by atoms with van der Waals surface area (Å²) in [6.07, 6.45) is 2.56. The zero-order chi connectivity index (χ0) is 27.1. The van der Waals surface area contributed by atoms with Crippen LogP contribution >= 0.6 is 15.9 Å². The number of hydrogen-bond donors (Lipinski definition) is 0. The number of ketones is 1. The fourth-order valence-electron chi connectivity index (χ4n) is 5.07. The Bertz CT molecular complexity index is 1900. The Labute approximate surface area is 238 Å². The van der Waals surface area contributed by atoms with Crippen molar-refractivity contribution in [3.63, 3.8) is 0 Å². The predicted molar refractivity (Wildman–Crippen MR) is 161 cm³/mol. The highest BCUT2D eigenvalue weighted by molar-refractivity contribution is 9.10. The molecular weight excluding hydrogens is 564 g/mol. The Balaban J connectivity index is 1.32. The van der Waals surface area contributed by atoms with Gasteiger partial charge in [0.1, 0.15) is 28.5 Å². The molecule has 0 bridgehead atoms. The van der Waals surface area contributed by atoms with E-state index in [-0.39, 0.29) is 12.3 Å². The number of hydrogen-bond acceptors (Lipinski definition) is 4. The Morgan fingerprint density at radius 3 is 2.02 bits per heavy atom. The zero-order valence-electron chi connectivity index (χ0n) is 21.4. The van der Waals surface area contributed by atoms with Gasteiger partial charge >= 0.3 is 0 Å². The van der Waals surface area contributed by atoms with Gasteiger partial charge in [0, 0.05) is 27.2 Å². The number of nitrogens with zero attached hydrogens (tertiary/aromatic N) is 2. The van der Waals surface area contributed by atoms with E-state index in [2.05, 4.69) is 22.0 Å². The van der Waals surface area contributed by atoms with Crippen molar-refractivity contribution in [2.45, 2.75) is 13.0 Å². The van der Waals surface area contributed by atoms with Crippen LogP contribution in [0.3, 0.4) is 0 Å². The summed E-state index contributed by atoms with van der Waals surface area (Å²) >= 11 is 3.45. The van der Waals surface area contributed by atoms with Gasteiger partial charge in [0.25, 0.3) is 0 Å². The molecule has 0 saturated heterocycles. The lowest BCUT2D eigenvalue weighted by Crippen LogP contribution is -2.13. The fraction of sp³-hybridized carbons (Fsp3) is 0.0588. The Hall–Kier alpha value is -4.68. The first-order chi connectivity index (χ1) is 19.6. The summed E-state index contributed by atoms with van der Waals surface area (Å²) in [4.78, 5) is 18.2. The molecule has 194 valence electrons. The zero-order valence-corrected chi connectivity index (χ0v) is 23.0. The van der Waals surface area contributed by atoms with Gasteiger partial charge in [0.15, 0.2) is 5.78 Å². The van der Waals surface area contributed by atoms with Crippen LogP contribution < -0.4 is 0 Å². The normalized spacial score (nSPS) is 11.4. The summed E-state index contributed by atoms with van der Waals surface area (Å²) in [6, 6.07) is 35.3. The molecule has 0 atom stereocenters. The highest BCUT2D eigenvalue weighted by Crippen LogP contribution is 2.33. The minimum Gasteiger partial charge on any atom is -0.456 e. The number of rotatable bonds is 7. The number of carbonyl (C=O) groups is 1. The van der Waals surface area contributed by atoms with Crippen LogP contribution in [0.25, 0.3) is 38.5 Å². The van der Waals surface area contributed by atoms with Gasteiger partial charge in [-0.1, -0.05) is 82.7 Å². The number of imidazole rings is 1. The monoisotopic (exact) mass is 586 g/mol. The molecule has 0 N–H and O–H groups in total. The molecule has 0 unspecified atom stereocenters. The number of halogens is 1. The molecule has 4 aromatic carbocycles. The third-order valence-corrected chi connectivity index (χ3v) is 7.60. The first kappa shape index (κ1) is 24.4. The SMILES string of the molecule is O=C(Cn1c(CC=C(c2cc3ccccc3o2)c2cc3ccccc3o2)nc2ccccc21)c1ccc(Br)cc1. The molecule has 6 heteroatoms. The summed E-state index contributed by atoms with van der Waals surface area (Å²) in [5.41, 5.74) is 4.89. The molecule has 3 heterocycles. The molecule has 0 amide bonds. The number of Topliss-reactive ketones (excluding diaryl/α,β-unsaturated/α-hetero) is 1. The molecule has 0 spiro atoms. The molecule has 7 rings (SSSR count). The average molecular weight is 587 g/mol. The van der Waals surface area contributed by atoms with Crippen molar-refractivity contribution < 1.29 is 13.6 Å². The third kappa shape index (κ3) is 4.56. The first-order valence-corrected chi connectivity index (χ1v) is 13.8. The van der Waals surface area contributed by atoms with Crippen molar-refractivity contribution in [3.05, 3.63) is 143 Å². The quantitative estimate of drug-likeness (QED) is 0.175. The van der Waals surface area contributed by atoms with E-state index in [0.29, 0.717) is 23.5 Å². The number of carbonyl (C=O) groups excluding carboxylic acids is 1. The molecule has 0 saturated carbocycles. The Morgan fingerprint density at radius 2 is 1.38 bits per heavy atom. The molecule has 40 heavy (non-hydrogen) atoms. The van der Waals surface area contributed by atoms with Gasteiger partial charge in [-0.2, -0.15) is 0 Å². The van der Waals surface area contributed by atoms with Crippen LogP contribution in [0.15, 0.2) is 129 Å². The van der Waals surface area contributed by atoms with Crippen molar-refractivity contribution >= 4 is 60.3 Å². The van der Waals surface area contributed by atoms with Crippen LogP contribution in [-0.2, 0) is 13.0 Å². The van der Waals surface area contributed by atoms with Gasteiger partial charge in [-0.25, -0.2) is 4.98 Å². The second kappa shape index (κ2) is 10.1. The van der Waals surface area contributed by atoms with E-state index in [9.17, 15) is 4.79 Å². The molecule has 0 radical (unpaired) electrons. The molecular formula is C34H23BrN2O3. The number of allylic oxidation sites excluding steroid dienone is 1. The largest absolute Gasteiger partial charge is 0.456 e. The van der Waals surface area contributed by atoms with Crippen LogP contribution in [-0.4, -0.2) is 15.3 Å². The molecule has 0 aliphatic heterocycles. The van der Waals surface area contributed by atoms with Crippen molar-refractivity contribution in [2.24, 2.45) is 0 Å². The summed E-state index contributed by atoms with van der Waals surface area (Å²) in [5, 5.41) is 2.04. The van der Waals surface area contributed by atoms with Crippen LogP contribution in [0.1, 0.15) is 27.7 Å². The van der Waals surface area contributed by atoms with Crippen LogP contribution in [0.4, 0.5) is 0 Å². The molecule has 0 fully saturated rings. The van der Waals surface area contributed by atoms with Gasteiger partial charge in [-0.15, -0.1) is 0 Å². The van der Waals surface area contributed by atoms with E-state index in [4.69, 9.17) is 13.8 Å². The van der Waals surface area contributed by atoms with Gasteiger partial charge in [-0.3, -0.25) is 4.79 Å². The lowest BCUT2D eigenvalue weighted by atomic mass is 10.1. The van der Waals surface area contributed by atoms with Crippen molar-refractivity contribution in [1.82, 2.24) is 9.55 Å². The van der Waals surface area contributed by atoms with Crippen molar-refractivity contribution in [3.8, 4) is 0 Å². The second-order valence-corrected chi connectivity index (χ2v) is 10.6. The number of para-hydroxylation sites is 4. The Kier molecular flexibility index (Phi) is 6.17. The number of furan rings is 2. The molecule has 7 aromatic rings. The van der Waals surface area contributed by atoms with E-state index in [1.165, 1.54) is 0 Å². The van der Waals surface area contributed by atoms with E-state index in [1.54, 1.807) is 0 Å². The van der Waals surface area contributed by atoms with E-state index < -0.39 is 0 Å². The lowest BCUT2D eigenvalue weighted by Gasteiger charge is -2.09. The summed E-state index contributed by atoms with van der Waals surface area (Å²) in [7, 11) is 0. The summed E-state index contributed by atoms with van der Waals surface area (Å²) in [6.45, 7) is 0.190. The van der Waals surface area contributed by atoms with E-state index in [0.717, 1.165) is 48.8 Å². The van der Waals surface area contributed by atoms with Gasteiger partial charge < -0.3 is 13.4 Å². The van der Waals surface area contributed by atoms with Crippen LogP contribution in [0, 0.1) is 0 Å². The van der Waals surface area contributed by atoms with Crippen molar-refractivity contribution in [1.29, 1.82) is 0 Å². The van der Waals surface area contributed by atoms with Gasteiger partial charge in [0.2, 0.25) is 0 Å². The van der Waals surface area contributed by atoms with Gasteiger partial charge in [0.05, 0.1) is 23.2 Å². The highest BCUT2D eigenvalue weighted by Gasteiger charge is 2.18. The van der Waals surface area contributed by atoms with Crippen LogP contribution in [0.2, 0.25) is 0 Å². The van der Waals surface area contributed by atoms with Crippen molar-refractivity contribution in [2.75, 3.05) is 0 Å². The average Bonchev–Trinajstić information content (AvgIpc) is 3.69. The predicted octanol–water partition coefficient (Wildman–Crippen LogP) is 8.85. The molecule has 3 aromatic heterocycles. The minimum atomic E-state index is 0.0238. The maximum absolute atomic E-state index is 13.3. The van der Waals surface area contributed by atoms with Gasteiger partial charge in [-0.05, 0) is 48.5 Å². The number of fused-ring (bicyclic) bond motifs is 3. The highest BCUT2D eigenvalue weighted by atomic mass is 79.9. The standard InChI is InChI=1S/C34H23BrN2O3/c35-25-15-13-22(14-16-25)29(38)21-37-28-10-4-3-9-27(28)36-34(37)18-17-26(32-19-23-7-1-5-11-30(23)39-32)33-20-24-8-2-6-12-31(24)40-33/h1-17,19-20H,18,21H2. The minimum absolute atomic E-state index is 0.0238. The maximum atomic E-state index is 13.3. The number of aromatic nitrogens is 2. The molecule has 0 aliphatic rings. The fourth-order valence-corrected chi connectivity index (χ4v) is 5.34. The van der Waals surface area contributed by atoms with Crippen LogP contribution in [0.5, 0.6) is 0 Å². The maximum Gasteiger partial charge on any atom is 0.182 e.